The molecule has 104 heavy (non-hydrogen) atoms. The Hall–Kier alpha value is -4.02. The number of carbonyl (C=O) groups is 4. The first kappa shape index (κ1) is 100.0. The smallest absolute Gasteiger partial charge is 0.462 e. The Morgan fingerprint density at radius 1 is 0.279 bits per heavy atom. The summed E-state index contributed by atoms with van der Waals surface area (Å²) in [5.74, 6) is -2.26. The Morgan fingerprint density at radius 2 is 0.519 bits per heavy atom. The van der Waals surface area contributed by atoms with Gasteiger partial charge in [-0.15, -0.1) is 0 Å². The number of esters is 4. The van der Waals surface area contributed by atoms with Gasteiger partial charge in [0.25, 0.3) is 0 Å². The van der Waals surface area contributed by atoms with Gasteiger partial charge in [0.2, 0.25) is 0 Å². The zero-order valence-corrected chi connectivity index (χ0v) is 67.7. The minimum Gasteiger partial charge on any atom is -0.462 e. The third kappa shape index (κ3) is 76.2. The van der Waals surface area contributed by atoms with Crippen molar-refractivity contribution in [3.05, 3.63) is 97.2 Å². The molecule has 0 fully saturated rings. The molecule has 0 saturated carbocycles. The molecule has 0 amide bonds. The van der Waals surface area contributed by atoms with Crippen molar-refractivity contribution >= 4 is 39.5 Å². The first-order valence-corrected chi connectivity index (χ1v) is 44.5. The second-order valence-corrected chi connectivity index (χ2v) is 30.6. The van der Waals surface area contributed by atoms with Crippen molar-refractivity contribution in [1.29, 1.82) is 0 Å². The second-order valence-electron chi connectivity index (χ2n) is 27.7. The van der Waals surface area contributed by atoms with E-state index in [-0.39, 0.29) is 25.7 Å². The van der Waals surface area contributed by atoms with E-state index in [1.165, 1.54) is 122 Å². The largest absolute Gasteiger partial charge is 0.472 e. The molecule has 19 heteroatoms. The molecule has 0 aromatic rings. The summed E-state index contributed by atoms with van der Waals surface area (Å²) >= 11 is 0. The van der Waals surface area contributed by atoms with Gasteiger partial charge in [0.15, 0.2) is 12.2 Å². The Balaban J connectivity index is 5.40. The Bertz CT molecular complexity index is 2350. The third-order valence-electron chi connectivity index (χ3n) is 17.5. The average molecular weight is 1510 g/mol. The number of hydrogen-bond acceptors (Lipinski definition) is 15. The maximum Gasteiger partial charge on any atom is 0.472 e. The number of carbonyl (C=O) groups excluding carboxylic acids is 4. The molecule has 3 N–H and O–H groups in total. The predicted octanol–water partition coefficient (Wildman–Crippen LogP) is 24.3. The number of ether oxygens (including phenoxy) is 4. The van der Waals surface area contributed by atoms with Crippen LogP contribution in [0, 0.1) is 0 Å². The summed E-state index contributed by atoms with van der Waals surface area (Å²) in [5.41, 5.74) is 0. The molecule has 17 nitrogen and oxygen atoms in total. The van der Waals surface area contributed by atoms with Gasteiger partial charge in [0.05, 0.1) is 26.4 Å². The van der Waals surface area contributed by atoms with Crippen LogP contribution in [0.2, 0.25) is 0 Å². The fourth-order valence-corrected chi connectivity index (χ4v) is 12.8. The van der Waals surface area contributed by atoms with Crippen LogP contribution >= 0.6 is 15.6 Å². The quantitative estimate of drug-likeness (QED) is 0.0169. The van der Waals surface area contributed by atoms with Gasteiger partial charge in [-0.2, -0.15) is 0 Å². The monoisotopic (exact) mass is 1510 g/mol. The van der Waals surface area contributed by atoms with Crippen LogP contribution in [0.25, 0.3) is 0 Å². The summed E-state index contributed by atoms with van der Waals surface area (Å²) in [5, 5.41) is 10.7. The summed E-state index contributed by atoms with van der Waals surface area (Å²) < 4.78 is 68.6. The Morgan fingerprint density at radius 3 is 0.837 bits per heavy atom. The maximum atomic E-state index is 13.1. The highest BCUT2D eigenvalue weighted by Gasteiger charge is 2.30. The number of unbranched alkanes of at least 4 members (excludes halogenated alkanes) is 36. The van der Waals surface area contributed by atoms with E-state index in [1.807, 2.05) is 18.2 Å². The SMILES string of the molecule is CC/C=C\C/C=C\C/C=C\C/C=C\C/C=C\C/C=C\CCC(=O)OC[C@H](COP(=O)(O)OC[C@@H](O)COP(=O)(O)OC[C@@H](COC(=O)CCCCCCCCCCCCCCCCC)OC(=O)CCCCCCCCC/C=C\CCCCCC)OC(=O)CCCCCCCCC/C=C\CCCCCC. The number of aliphatic hydroxyl groups is 1. The number of hydrogen-bond donors (Lipinski definition) is 3. The fourth-order valence-electron chi connectivity index (χ4n) is 11.2. The van der Waals surface area contributed by atoms with Crippen molar-refractivity contribution in [1.82, 2.24) is 0 Å². The standard InChI is InChI=1S/C85H150O17P2/c1-5-9-13-17-21-25-29-33-37-38-39-40-44-46-50-54-58-62-66-70-83(88)96-76-81(102-85(90)72-68-64-60-56-52-48-43-36-32-28-24-20-16-12-8-4)78-100-104(93,94)98-74-79(86)73-97-103(91,92)99-77-80(101-84(89)71-67-63-59-55-51-47-42-35-31-27-23-19-15-11-7-3)75-95-82(87)69-65-61-57-53-49-45-41-34-30-26-22-18-14-10-6-2/h9,13,21,25,27-28,31-33,37,39-40,46,50,58,62,79-81,86H,5-8,10-12,14-20,22-24,26,29-30,34-36,38,41-45,47-49,51-57,59-61,63-78H2,1-4H3,(H,91,92)(H,93,94)/b13-9-,25-21-,31-27-,32-28-,37-33-,40-39-,50-46-,62-58-/t79-,80+,81+/m0/s1. The zero-order chi connectivity index (χ0) is 76.0. The van der Waals surface area contributed by atoms with Crippen LogP contribution in [-0.4, -0.2) is 96.7 Å². The molecule has 2 unspecified atom stereocenters. The molecular formula is C85H150O17P2. The van der Waals surface area contributed by atoms with Crippen molar-refractivity contribution < 1.29 is 80.2 Å². The molecule has 0 aromatic carbocycles. The van der Waals surface area contributed by atoms with Crippen LogP contribution in [-0.2, 0) is 65.4 Å². The van der Waals surface area contributed by atoms with Crippen molar-refractivity contribution in [3.63, 3.8) is 0 Å². The topological polar surface area (TPSA) is 237 Å². The van der Waals surface area contributed by atoms with Gasteiger partial charge < -0.3 is 33.8 Å². The van der Waals surface area contributed by atoms with Gasteiger partial charge in [-0.3, -0.25) is 37.3 Å². The Labute approximate surface area is 633 Å². The van der Waals surface area contributed by atoms with E-state index in [2.05, 4.69) is 107 Å². The molecule has 0 aromatic heterocycles. The molecule has 0 saturated heterocycles. The van der Waals surface area contributed by atoms with Gasteiger partial charge >= 0.3 is 39.5 Å². The van der Waals surface area contributed by atoms with Gasteiger partial charge in [0, 0.05) is 25.7 Å². The van der Waals surface area contributed by atoms with Crippen LogP contribution in [0.4, 0.5) is 0 Å². The number of allylic oxidation sites excluding steroid dienone is 16. The molecule has 0 aliphatic carbocycles. The average Bonchev–Trinajstić information content (AvgIpc) is 0.918. The Kier molecular flexibility index (Phi) is 74.2. The maximum absolute atomic E-state index is 13.1. The van der Waals surface area contributed by atoms with Gasteiger partial charge in [0.1, 0.15) is 19.3 Å². The van der Waals surface area contributed by atoms with E-state index in [4.69, 9.17) is 37.0 Å². The van der Waals surface area contributed by atoms with E-state index >= 15 is 0 Å². The van der Waals surface area contributed by atoms with Gasteiger partial charge in [-0.05, 0) is 116 Å². The second kappa shape index (κ2) is 77.1. The molecule has 0 aliphatic heterocycles. The highest BCUT2D eigenvalue weighted by molar-refractivity contribution is 7.47. The molecule has 5 atom stereocenters. The third-order valence-corrected chi connectivity index (χ3v) is 19.4. The summed E-state index contributed by atoms with van der Waals surface area (Å²) in [7, 11) is -9.97. The van der Waals surface area contributed by atoms with Crippen LogP contribution < -0.4 is 0 Å². The summed E-state index contributed by atoms with van der Waals surface area (Å²) in [6.07, 6.45) is 82.4. The fraction of sp³-hybridized carbons (Fsp3) is 0.765. The first-order valence-electron chi connectivity index (χ1n) is 41.5. The lowest BCUT2D eigenvalue weighted by Gasteiger charge is -2.21. The lowest BCUT2D eigenvalue weighted by atomic mass is 10.0. The molecule has 0 aliphatic rings. The van der Waals surface area contributed by atoms with E-state index in [0.717, 1.165) is 154 Å². The van der Waals surface area contributed by atoms with Crippen molar-refractivity contribution in [3.8, 4) is 0 Å². The molecule has 602 valence electrons. The summed E-state index contributed by atoms with van der Waals surface area (Å²) in [6.45, 7) is 4.71. The van der Waals surface area contributed by atoms with E-state index < -0.39 is 97.5 Å². The first-order chi connectivity index (χ1) is 50.7. The lowest BCUT2D eigenvalue weighted by Crippen LogP contribution is -2.30. The van der Waals surface area contributed by atoms with Crippen molar-refractivity contribution in [2.45, 2.75) is 380 Å². The van der Waals surface area contributed by atoms with E-state index in [9.17, 15) is 43.2 Å². The number of phosphoric acid groups is 2. The highest BCUT2D eigenvalue weighted by atomic mass is 31.2. The molecule has 0 spiro atoms. The van der Waals surface area contributed by atoms with Crippen LogP contribution in [0.3, 0.4) is 0 Å². The number of aliphatic hydroxyl groups excluding tert-OH is 1. The normalized spacial score (nSPS) is 14.3. The zero-order valence-electron chi connectivity index (χ0n) is 65.9. The minimum atomic E-state index is -4.99. The number of rotatable bonds is 78. The molecular weight excluding hydrogens is 1350 g/mol. The lowest BCUT2D eigenvalue weighted by molar-refractivity contribution is -0.161. The highest BCUT2D eigenvalue weighted by Crippen LogP contribution is 2.45. The van der Waals surface area contributed by atoms with Crippen molar-refractivity contribution in [2.24, 2.45) is 0 Å². The van der Waals surface area contributed by atoms with Crippen molar-refractivity contribution in [2.75, 3.05) is 39.6 Å². The van der Waals surface area contributed by atoms with Crippen LogP contribution in [0.1, 0.15) is 362 Å². The molecule has 0 radical (unpaired) electrons. The van der Waals surface area contributed by atoms with Gasteiger partial charge in [-0.1, -0.05) is 318 Å². The molecule has 0 rings (SSSR count). The summed E-state index contributed by atoms with van der Waals surface area (Å²) in [6, 6.07) is 0. The molecule has 0 heterocycles. The molecule has 0 bridgehead atoms. The van der Waals surface area contributed by atoms with Crippen LogP contribution in [0.15, 0.2) is 97.2 Å². The van der Waals surface area contributed by atoms with E-state index in [0.29, 0.717) is 32.1 Å². The van der Waals surface area contributed by atoms with E-state index in [1.54, 1.807) is 0 Å². The predicted molar refractivity (Wildman–Crippen MR) is 427 cm³/mol. The van der Waals surface area contributed by atoms with Crippen LogP contribution in [0.5, 0.6) is 0 Å². The number of phosphoric ester groups is 2. The summed E-state index contributed by atoms with van der Waals surface area (Å²) in [4.78, 5) is 73.1. The minimum absolute atomic E-state index is 0.0361. The van der Waals surface area contributed by atoms with Gasteiger partial charge in [-0.25, -0.2) is 9.13 Å².